The first-order valence-corrected chi connectivity index (χ1v) is 8.98. The molecule has 0 heterocycles. The van der Waals surface area contributed by atoms with Crippen LogP contribution in [0.1, 0.15) is 38.8 Å². The summed E-state index contributed by atoms with van der Waals surface area (Å²) in [5, 5.41) is 0. The minimum Gasteiger partial charge on any atom is -0.258 e. The lowest BCUT2D eigenvalue weighted by atomic mass is 10.2. The van der Waals surface area contributed by atoms with Crippen LogP contribution in [-0.2, 0) is 9.52 Å². The third kappa shape index (κ3) is 3.76. The molecule has 114 valence electrons. The predicted octanol–water partition coefficient (Wildman–Crippen LogP) is 5.24. The molecule has 21 heavy (non-hydrogen) atoms. The number of hydrogen-bond donors (Lipinski definition) is 0. The standard InChI is InChI=1S/C17H20OS.C2H6/c1-13(2)19(18,16-9-5-14(3)6-10-16)17-11-7-15(4)8-12-17;1-2/h5-12H,1-4H3;1-2H3. The fourth-order valence-corrected chi connectivity index (χ4v) is 4.32. The van der Waals surface area contributed by atoms with Gasteiger partial charge in [0.15, 0.2) is 0 Å². The molecule has 0 spiro atoms. The van der Waals surface area contributed by atoms with Gasteiger partial charge in [-0.3, -0.25) is 4.21 Å². The van der Waals surface area contributed by atoms with Crippen LogP contribution < -0.4 is 0 Å². The first-order chi connectivity index (χ1) is 9.94. The van der Waals surface area contributed by atoms with Gasteiger partial charge in [-0.05, 0) is 56.8 Å². The maximum atomic E-state index is 13.5. The molecule has 0 fully saturated rings. The van der Waals surface area contributed by atoms with Crippen LogP contribution >= 0.6 is 0 Å². The Bertz CT molecular complexity index is 630. The van der Waals surface area contributed by atoms with E-state index in [1.165, 1.54) is 11.1 Å². The van der Waals surface area contributed by atoms with Crippen molar-refractivity contribution in [3.05, 3.63) is 59.7 Å². The van der Waals surface area contributed by atoms with Crippen molar-refractivity contribution in [2.45, 2.75) is 51.3 Å². The van der Waals surface area contributed by atoms with Crippen molar-refractivity contribution in [1.29, 1.82) is 0 Å². The largest absolute Gasteiger partial charge is 0.258 e. The van der Waals surface area contributed by atoms with Crippen molar-refractivity contribution in [1.82, 2.24) is 0 Å². The minimum atomic E-state index is -2.28. The van der Waals surface area contributed by atoms with Crippen molar-refractivity contribution in [2.24, 2.45) is 0 Å². The average Bonchev–Trinajstić information content (AvgIpc) is 2.49. The van der Waals surface area contributed by atoms with Crippen molar-refractivity contribution in [3.63, 3.8) is 0 Å². The highest BCUT2D eigenvalue weighted by atomic mass is 32.2. The summed E-state index contributed by atoms with van der Waals surface area (Å²) >= 11 is 0. The summed E-state index contributed by atoms with van der Waals surface area (Å²) in [5.74, 6) is 0. The molecule has 2 aromatic rings. The fourth-order valence-electron chi connectivity index (χ4n) is 2.07. The molecule has 2 heteroatoms. The lowest BCUT2D eigenvalue weighted by molar-refractivity contribution is 0.680. The van der Waals surface area contributed by atoms with Gasteiger partial charge in [-0.2, -0.15) is 0 Å². The van der Waals surface area contributed by atoms with Gasteiger partial charge >= 0.3 is 0 Å². The summed E-state index contributed by atoms with van der Waals surface area (Å²) < 4.78 is 13.5. The smallest absolute Gasteiger partial charge is 0.0355 e. The van der Waals surface area contributed by atoms with Gasteiger partial charge < -0.3 is 0 Å². The fraction of sp³-hybridized carbons (Fsp3) is 0.316. The average molecular weight is 302 g/mol. The Kier molecular flexibility index (Phi) is 6.22. The summed E-state index contributed by atoms with van der Waals surface area (Å²) in [7, 11) is -2.28. The summed E-state index contributed by atoms with van der Waals surface area (Å²) in [6, 6.07) is 16.0. The Labute approximate surface area is 130 Å². The van der Waals surface area contributed by atoms with Gasteiger partial charge in [-0.25, -0.2) is 0 Å². The number of rotatable bonds is 2. The van der Waals surface area contributed by atoms with Crippen LogP contribution in [0.25, 0.3) is 0 Å². The molecule has 0 aliphatic carbocycles. The zero-order chi connectivity index (χ0) is 16.0. The van der Waals surface area contributed by atoms with Gasteiger partial charge in [0.2, 0.25) is 0 Å². The van der Waals surface area contributed by atoms with E-state index >= 15 is 0 Å². The molecule has 0 N–H and O–H groups in total. The van der Waals surface area contributed by atoms with Crippen LogP contribution in [0.4, 0.5) is 0 Å². The zero-order valence-electron chi connectivity index (χ0n) is 13.9. The Hall–Kier alpha value is -1.54. The third-order valence-corrected chi connectivity index (χ3v) is 6.30. The molecule has 0 aliphatic rings. The van der Waals surface area contributed by atoms with E-state index in [1.54, 1.807) is 0 Å². The van der Waals surface area contributed by atoms with E-state index in [-0.39, 0.29) is 0 Å². The van der Waals surface area contributed by atoms with E-state index in [2.05, 4.69) is 0 Å². The van der Waals surface area contributed by atoms with Gasteiger partial charge in [0.05, 0.1) is 0 Å². The highest BCUT2D eigenvalue weighted by Crippen LogP contribution is 2.24. The monoisotopic (exact) mass is 302 g/mol. The number of hydrogen-bond acceptors (Lipinski definition) is 1. The molecule has 0 unspecified atom stereocenters. The van der Waals surface area contributed by atoms with Gasteiger partial charge in [0.1, 0.15) is 0 Å². The molecule has 0 aliphatic heterocycles. The minimum absolute atomic E-state index is 0.891. The second kappa shape index (κ2) is 7.46. The van der Waals surface area contributed by atoms with E-state index < -0.39 is 9.52 Å². The number of aryl methyl sites for hydroxylation is 2. The molecule has 0 atom stereocenters. The Morgan fingerprint density at radius 3 is 1.24 bits per heavy atom. The van der Waals surface area contributed by atoms with Crippen molar-refractivity contribution in [2.75, 3.05) is 0 Å². The van der Waals surface area contributed by atoms with E-state index in [0.717, 1.165) is 14.7 Å². The van der Waals surface area contributed by atoms with Crippen molar-refractivity contribution in [3.8, 4) is 0 Å². The molecule has 2 rings (SSSR count). The van der Waals surface area contributed by atoms with Gasteiger partial charge in [0.25, 0.3) is 0 Å². The summed E-state index contributed by atoms with van der Waals surface area (Å²) in [4.78, 5) is 2.73. The van der Waals surface area contributed by atoms with Crippen LogP contribution in [0.15, 0.2) is 58.3 Å². The third-order valence-electron chi connectivity index (χ3n) is 3.28. The molecular weight excluding hydrogens is 276 g/mol. The first kappa shape index (κ1) is 17.5. The molecule has 0 saturated heterocycles. The lowest BCUT2D eigenvalue weighted by Gasteiger charge is -2.15. The van der Waals surface area contributed by atoms with Crippen LogP contribution in [0.3, 0.4) is 0 Å². The van der Waals surface area contributed by atoms with E-state index in [4.69, 9.17) is 0 Å². The SMILES string of the molecule is CC.CC(C)=S(=O)(c1ccc(C)cc1)c1ccc(C)cc1. The first-order valence-electron chi connectivity index (χ1n) is 7.42. The van der Waals surface area contributed by atoms with Gasteiger partial charge in [0, 0.05) is 19.3 Å². The van der Waals surface area contributed by atoms with Gasteiger partial charge in [-0.15, -0.1) is 0 Å². The van der Waals surface area contributed by atoms with Gasteiger partial charge in [-0.1, -0.05) is 49.2 Å². The van der Waals surface area contributed by atoms with E-state index in [1.807, 2.05) is 90.1 Å². The van der Waals surface area contributed by atoms with Crippen LogP contribution in [0, 0.1) is 13.8 Å². The Morgan fingerprint density at radius 2 is 1.00 bits per heavy atom. The van der Waals surface area contributed by atoms with E-state index in [9.17, 15) is 4.21 Å². The molecule has 0 bridgehead atoms. The quantitative estimate of drug-likeness (QED) is 0.693. The Balaban J connectivity index is 0.00000106. The van der Waals surface area contributed by atoms with E-state index in [0.29, 0.717) is 0 Å². The molecule has 1 nitrogen and oxygen atoms in total. The summed E-state index contributed by atoms with van der Waals surface area (Å²) in [6.07, 6.45) is 0. The van der Waals surface area contributed by atoms with Crippen molar-refractivity contribution < 1.29 is 4.21 Å². The molecule has 0 amide bonds. The summed E-state index contributed by atoms with van der Waals surface area (Å²) in [6.45, 7) is 12.0. The van der Waals surface area contributed by atoms with Crippen molar-refractivity contribution >= 4 is 14.4 Å². The van der Waals surface area contributed by atoms with Crippen LogP contribution in [-0.4, -0.2) is 9.07 Å². The molecular formula is C19H26OS. The maximum Gasteiger partial charge on any atom is 0.0355 e. The highest BCUT2D eigenvalue weighted by molar-refractivity contribution is 8.02. The highest BCUT2D eigenvalue weighted by Gasteiger charge is 2.15. The second-order valence-electron chi connectivity index (χ2n) is 5.09. The zero-order valence-corrected chi connectivity index (χ0v) is 14.8. The summed E-state index contributed by atoms with van der Waals surface area (Å²) in [5.41, 5.74) is 2.37. The number of benzene rings is 2. The van der Waals surface area contributed by atoms with Crippen LogP contribution in [0.5, 0.6) is 0 Å². The second-order valence-corrected chi connectivity index (χ2v) is 7.96. The molecule has 0 saturated carbocycles. The maximum absolute atomic E-state index is 13.5. The van der Waals surface area contributed by atoms with Crippen LogP contribution in [0.2, 0.25) is 0 Å². The molecule has 2 aromatic carbocycles. The Morgan fingerprint density at radius 1 is 0.714 bits per heavy atom. The molecule has 0 aromatic heterocycles. The normalized spacial score (nSPS) is 10.6. The topological polar surface area (TPSA) is 17.1 Å². The predicted molar refractivity (Wildman–Crippen MR) is 94.7 cm³/mol. The lowest BCUT2D eigenvalue weighted by Crippen LogP contribution is -2.10. The molecule has 0 radical (unpaired) electrons.